The van der Waals surface area contributed by atoms with Crippen LogP contribution in [0.4, 0.5) is 11.6 Å². The van der Waals surface area contributed by atoms with Crippen molar-refractivity contribution in [2.75, 3.05) is 17.7 Å². The van der Waals surface area contributed by atoms with Gasteiger partial charge in [0.15, 0.2) is 0 Å². The molecule has 1 atom stereocenters. The number of fused-ring (bicyclic) bond motifs is 1. The van der Waals surface area contributed by atoms with E-state index in [1.54, 1.807) is 11.8 Å². The molecule has 0 saturated carbocycles. The van der Waals surface area contributed by atoms with Gasteiger partial charge in [0.1, 0.15) is 11.8 Å². The fraction of sp³-hybridized carbons (Fsp3) is 0.207. The first-order chi connectivity index (χ1) is 18.7. The first-order valence-electron chi connectivity index (χ1n) is 12.3. The number of anilines is 2. The number of nitrogens with one attached hydrogen (secondary N) is 2. The number of aryl methyl sites for hydroxylation is 2. The Balaban J connectivity index is 1.53. The largest absolute Gasteiger partial charge is 0.496 e. The van der Waals surface area contributed by atoms with Crippen LogP contribution in [-0.4, -0.2) is 27.8 Å². The van der Waals surface area contributed by atoms with E-state index in [1.165, 1.54) is 11.8 Å². The molecular weight excluding hydrogens is 598 g/mol. The molecule has 1 aliphatic heterocycles. The number of halogens is 2. The zero-order chi connectivity index (χ0) is 27.7. The lowest BCUT2D eigenvalue weighted by molar-refractivity contribution is -0.113. The van der Waals surface area contributed by atoms with Crippen molar-refractivity contribution in [2.45, 2.75) is 37.7 Å². The maximum Gasteiger partial charge on any atom is 0.255 e. The van der Waals surface area contributed by atoms with Crippen molar-refractivity contribution >= 4 is 56.8 Å². The lowest BCUT2D eigenvalue weighted by Gasteiger charge is -2.29. The predicted molar refractivity (Wildman–Crippen MR) is 161 cm³/mol. The monoisotopic (exact) mass is 623 g/mol. The summed E-state index contributed by atoms with van der Waals surface area (Å²) in [5, 5.41) is 12.5. The van der Waals surface area contributed by atoms with E-state index in [4.69, 9.17) is 26.4 Å². The highest BCUT2D eigenvalue weighted by atomic mass is 79.9. The summed E-state index contributed by atoms with van der Waals surface area (Å²) in [5.74, 6) is 1.67. The van der Waals surface area contributed by atoms with E-state index in [2.05, 4.69) is 26.6 Å². The molecular formula is C29H27BrClN5O2S. The Kier molecular flexibility index (Phi) is 8.02. The topological polar surface area (TPSA) is 81.1 Å². The molecule has 0 spiro atoms. The normalized spacial score (nSPS) is 14.6. The van der Waals surface area contributed by atoms with Crippen LogP contribution in [0.1, 0.15) is 35.2 Å². The first kappa shape index (κ1) is 27.3. The van der Waals surface area contributed by atoms with Crippen LogP contribution >= 0.6 is 39.3 Å². The minimum absolute atomic E-state index is 0.213. The summed E-state index contributed by atoms with van der Waals surface area (Å²) < 4.78 is 7.99. The molecule has 2 heterocycles. The lowest BCUT2D eigenvalue weighted by Crippen LogP contribution is -2.31. The number of methoxy groups -OCH3 is 1. The SMILES string of the molecule is COc1ccc(C2C(C(=O)Nc3ccc(C)cc3C)=C(C)Nc3nc(SCc4ccccc4Cl)nn32)cc1Br. The van der Waals surface area contributed by atoms with E-state index >= 15 is 0 Å². The Bertz CT molecular complexity index is 1600. The molecule has 1 aromatic heterocycles. The smallest absolute Gasteiger partial charge is 0.255 e. The van der Waals surface area contributed by atoms with Gasteiger partial charge >= 0.3 is 0 Å². The predicted octanol–water partition coefficient (Wildman–Crippen LogP) is 7.54. The molecule has 39 heavy (non-hydrogen) atoms. The molecule has 200 valence electrons. The third-order valence-corrected chi connectivity index (χ3v) is 8.39. The van der Waals surface area contributed by atoms with Crippen molar-refractivity contribution in [1.29, 1.82) is 0 Å². The molecule has 0 fully saturated rings. The average molecular weight is 625 g/mol. The van der Waals surface area contributed by atoms with Crippen LogP contribution in [0, 0.1) is 13.8 Å². The Hall–Kier alpha value is -3.27. The van der Waals surface area contributed by atoms with Gasteiger partial charge in [0.05, 0.1) is 17.2 Å². The van der Waals surface area contributed by atoms with Gasteiger partial charge in [0.2, 0.25) is 11.1 Å². The summed E-state index contributed by atoms with van der Waals surface area (Å²) in [6, 6.07) is 18.9. The Labute approximate surface area is 245 Å². The Morgan fingerprint density at radius 1 is 1.15 bits per heavy atom. The molecule has 0 saturated heterocycles. The van der Waals surface area contributed by atoms with Crippen LogP contribution in [0.2, 0.25) is 5.02 Å². The summed E-state index contributed by atoms with van der Waals surface area (Å²) in [7, 11) is 1.62. The molecule has 0 radical (unpaired) electrons. The van der Waals surface area contributed by atoms with Crippen molar-refractivity contribution in [3.63, 3.8) is 0 Å². The van der Waals surface area contributed by atoms with Crippen molar-refractivity contribution in [2.24, 2.45) is 0 Å². The van der Waals surface area contributed by atoms with Gasteiger partial charge in [-0.05, 0) is 77.7 Å². The van der Waals surface area contributed by atoms with E-state index in [0.29, 0.717) is 38.9 Å². The van der Waals surface area contributed by atoms with Crippen molar-refractivity contribution < 1.29 is 9.53 Å². The maximum absolute atomic E-state index is 13.8. The number of amides is 1. The number of carbonyl (C=O) groups is 1. The van der Waals surface area contributed by atoms with Crippen LogP contribution in [0.3, 0.4) is 0 Å². The molecule has 0 bridgehead atoms. The van der Waals surface area contributed by atoms with E-state index in [9.17, 15) is 4.79 Å². The van der Waals surface area contributed by atoms with Gasteiger partial charge in [-0.1, -0.05) is 65.3 Å². The van der Waals surface area contributed by atoms with Gasteiger partial charge in [-0.15, -0.1) is 5.10 Å². The number of ether oxygens (including phenoxy) is 1. The van der Waals surface area contributed by atoms with Crippen LogP contribution < -0.4 is 15.4 Å². The molecule has 7 nitrogen and oxygen atoms in total. The highest BCUT2D eigenvalue weighted by Crippen LogP contribution is 2.39. The summed E-state index contributed by atoms with van der Waals surface area (Å²) >= 11 is 11.4. The second-order valence-electron chi connectivity index (χ2n) is 9.28. The fourth-order valence-electron chi connectivity index (χ4n) is 4.55. The molecule has 10 heteroatoms. The van der Waals surface area contributed by atoms with E-state index in [0.717, 1.165) is 32.4 Å². The fourth-order valence-corrected chi connectivity index (χ4v) is 6.22. The highest BCUT2D eigenvalue weighted by Gasteiger charge is 2.35. The standard InChI is InChI=1S/C29H27BrClN5O2S/c1-16-9-11-23(17(2)13-16)33-27(37)25-18(3)32-28-34-29(39-15-20-7-5-6-8-22(20)31)35-36(28)26(25)19-10-12-24(38-4)21(30)14-19/h5-14,26H,15H2,1-4H3,(H,33,37)(H,32,34,35). The number of rotatable bonds is 7. The Morgan fingerprint density at radius 3 is 2.67 bits per heavy atom. The van der Waals surface area contributed by atoms with Gasteiger partial charge in [-0.3, -0.25) is 4.79 Å². The minimum atomic E-state index is -0.517. The number of hydrogen-bond acceptors (Lipinski definition) is 6. The first-order valence-corrected chi connectivity index (χ1v) is 14.4. The molecule has 3 aromatic carbocycles. The highest BCUT2D eigenvalue weighted by molar-refractivity contribution is 9.10. The summed E-state index contributed by atoms with van der Waals surface area (Å²) in [6.07, 6.45) is 0. The van der Waals surface area contributed by atoms with Crippen molar-refractivity contribution in [3.8, 4) is 5.75 Å². The van der Waals surface area contributed by atoms with E-state index in [-0.39, 0.29) is 5.91 Å². The van der Waals surface area contributed by atoms with Crippen molar-refractivity contribution in [3.05, 3.63) is 104 Å². The molecule has 5 rings (SSSR count). The average Bonchev–Trinajstić information content (AvgIpc) is 3.31. The summed E-state index contributed by atoms with van der Waals surface area (Å²) in [4.78, 5) is 18.6. The molecule has 0 aliphatic carbocycles. The van der Waals surface area contributed by atoms with Gasteiger partial charge in [-0.2, -0.15) is 4.98 Å². The van der Waals surface area contributed by atoms with Gasteiger partial charge in [-0.25, -0.2) is 4.68 Å². The van der Waals surface area contributed by atoms with Crippen LogP contribution in [-0.2, 0) is 10.5 Å². The zero-order valence-electron chi connectivity index (χ0n) is 21.9. The number of aromatic nitrogens is 3. The third kappa shape index (κ3) is 5.71. The molecule has 1 amide bonds. The minimum Gasteiger partial charge on any atom is -0.496 e. The molecule has 2 N–H and O–H groups in total. The van der Waals surface area contributed by atoms with Gasteiger partial charge < -0.3 is 15.4 Å². The van der Waals surface area contributed by atoms with Crippen LogP contribution in [0.5, 0.6) is 5.75 Å². The zero-order valence-corrected chi connectivity index (χ0v) is 25.0. The van der Waals surface area contributed by atoms with Crippen LogP contribution in [0.15, 0.2) is 81.6 Å². The maximum atomic E-state index is 13.8. The summed E-state index contributed by atoms with van der Waals surface area (Å²) in [6.45, 7) is 5.90. The van der Waals surface area contributed by atoms with Gasteiger partial charge in [0, 0.05) is 22.2 Å². The second kappa shape index (κ2) is 11.5. The number of benzene rings is 3. The van der Waals surface area contributed by atoms with Gasteiger partial charge in [0.25, 0.3) is 5.91 Å². The number of thioether (sulfide) groups is 1. The lowest BCUT2D eigenvalue weighted by atomic mass is 9.94. The molecule has 4 aromatic rings. The quantitative estimate of drug-likeness (QED) is 0.207. The van der Waals surface area contributed by atoms with E-state index in [1.807, 2.05) is 81.4 Å². The summed E-state index contributed by atoms with van der Waals surface area (Å²) in [5.41, 5.74) is 6.01. The molecule has 1 unspecified atom stereocenters. The second-order valence-corrected chi connectivity index (χ2v) is 11.5. The number of carbonyl (C=O) groups excluding carboxylic acids is 1. The number of nitrogens with zero attached hydrogens (tertiary/aromatic N) is 3. The van der Waals surface area contributed by atoms with Crippen LogP contribution in [0.25, 0.3) is 0 Å². The third-order valence-electron chi connectivity index (χ3n) is 6.51. The Morgan fingerprint density at radius 2 is 1.95 bits per heavy atom. The van der Waals surface area contributed by atoms with E-state index < -0.39 is 6.04 Å². The number of allylic oxidation sites excluding steroid dienone is 1. The molecule has 1 aliphatic rings. The van der Waals surface area contributed by atoms with Crippen molar-refractivity contribution in [1.82, 2.24) is 14.8 Å². The number of hydrogen-bond donors (Lipinski definition) is 2.